The summed E-state index contributed by atoms with van der Waals surface area (Å²) in [6.45, 7) is 4.62. The number of ether oxygens (including phenoxy) is 2. The van der Waals surface area contributed by atoms with Gasteiger partial charge in [-0.05, 0) is 31.4 Å². The van der Waals surface area contributed by atoms with E-state index in [0.717, 1.165) is 18.4 Å². The maximum atomic E-state index is 13.2. The molecule has 0 bridgehead atoms. The van der Waals surface area contributed by atoms with Crippen molar-refractivity contribution in [3.63, 3.8) is 0 Å². The van der Waals surface area contributed by atoms with E-state index in [-0.39, 0.29) is 37.5 Å². The normalized spacial score (nSPS) is 27.7. The van der Waals surface area contributed by atoms with Crippen LogP contribution in [0.2, 0.25) is 0 Å². The Morgan fingerprint density at radius 3 is 2.85 bits per heavy atom. The third kappa shape index (κ3) is 4.83. The minimum atomic E-state index is -1.02. The predicted molar refractivity (Wildman–Crippen MR) is 122 cm³/mol. The van der Waals surface area contributed by atoms with Crippen molar-refractivity contribution in [3.05, 3.63) is 54.1 Å². The van der Waals surface area contributed by atoms with Crippen molar-refractivity contribution in [3.8, 4) is 5.75 Å². The minimum Gasteiger partial charge on any atom is -0.486 e. The molecule has 0 aromatic heterocycles. The van der Waals surface area contributed by atoms with Crippen molar-refractivity contribution in [2.75, 3.05) is 26.3 Å². The molecule has 33 heavy (non-hydrogen) atoms. The minimum absolute atomic E-state index is 0.107. The number of benzene rings is 1. The number of hydrogen-bond donors (Lipinski definition) is 3. The summed E-state index contributed by atoms with van der Waals surface area (Å²) in [7, 11) is 0. The Morgan fingerprint density at radius 2 is 2.12 bits per heavy atom. The first kappa shape index (κ1) is 23.5. The topological polar surface area (TPSA) is 108 Å². The van der Waals surface area contributed by atoms with Crippen molar-refractivity contribution < 1.29 is 29.3 Å². The third-order valence-corrected chi connectivity index (χ3v) is 6.54. The molecule has 1 saturated heterocycles. The summed E-state index contributed by atoms with van der Waals surface area (Å²) in [5.41, 5.74) is 1.26. The van der Waals surface area contributed by atoms with Crippen LogP contribution in [0.3, 0.4) is 0 Å². The molecule has 1 aliphatic carbocycles. The van der Waals surface area contributed by atoms with Gasteiger partial charge < -0.3 is 29.9 Å². The van der Waals surface area contributed by atoms with Gasteiger partial charge in [0, 0.05) is 37.3 Å². The van der Waals surface area contributed by atoms with E-state index in [4.69, 9.17) is 9.47 Å². The molecule has 8 nitrogen and oxygen atoms in total. The fourth-order valence-electron chi connectivity index (χ4n) is 4.96. The fourth-order valence-corrected chi connectivity index (χ4v) is 4.96. The summed E-state index contributed by atoms with van der Waals surface area (Å²) in [5.74, 6) is -0.308. The first-order chi connectivity index (χ1) is 16.0. The number of para-hydroxylation sites is 1. The third-order valence-electron chi connectivity index (χ3n) is 6.54. The molecule has 1 aromatic carbocycles. The molecule has 1 aromatic rings. The highest BCUT2D eigenvalue weighted by molar-refractivity contribution is 5.96. The molecule has 3 aliphatic rings. The zero-order valence-electron chi connectivity index (χ0n) is 18.7. The summed E-state index contributed by atoms with van der Waals surface area (Å²) < 4.78 is 11.9. The number of fused-ring (bicyclic) bond motifs is 3. The highest BCUT2D eigenvalue weighted by Crippen LogP contribution is 2.47. The second kappa shape index (κ2) is 10.5. The number of amides is 2. The van der Waals surface area contributed by atoms with E-state index >= 15 is 0 Å². The average Bonchev–Trinajstić information content (AvgIpc) is 3.48. The molecule has 2 heterocycles. The van der Waals surface area contributed by atoms with E-state index in [0.29, 0.717) is 30.9 Å². The van der Waals surface area contributed by atoms with Gasteiger partial charge in [-0.3, -0.25) is 9.59 Å². The Labute approximate surface area is 193 Å². The van der Waals surface area contributed by atoms with Crippen molar-refractivity contribution in [2.24, 2.45) is 0 Å². The molecule has 3 N–H and O–H groups in total. The zero-order valence-corrected chi connectivity index (χ0v) is 18.7. The van der Waals surface area contributed by atoms with Gasteiger partial charge in [-0.2, -0.15) is 0 Å². The van der Waals surface area contributed by atoms with Crippen molar-refractivity contribution in [2.45, 2.75) is 56.0 Å². The lowest BCUT2D eigenvalue weighted by molar-refractivity contribution is -0.139. The summed E-state index contributed by atoms with van der Waals surface area (Å²) in [6, 6.07) is 6.68. The van der Waals surface area contributed by atoms with Crippen molar-refractivity contribution >= 4 is 11.8 Å². The molecule has 0 radical (unpaired) electrons. The van der Waals surface area contributed by atoms with Gasteiger partial charge in [0.2, 0.25) is 11.8 Å². The second-order valence-corrected chi connectivity index (χ2v) is 8.69. The van der Waals surface area contributed by atoms with Gasteiger partial charge in [-0.25, -0.2) is 0 Å². The first-order valence-corrected chi connectivity index (χ1v) is 11.6. The molecule has 5 atom stereocenters. The van der Waals surface area contributed by atoms with Crippen LogP contribution in [0.1, 0.15) is 37.2 Å². The summed E-state index contributed by atoms with van der Waals surface area (Å²) in [5, 5.41) is 23.3. The van der Waals surface area contributed by atoms with Crippen LogP contribution in [-0.4, -0.2) is 77.6 Å². The number of nitrogens with one attached hydrogen (secondary N) is 1. The Morgan fingerprint density at radius 1 is 1.30 bits per heavy atom. The molecule has 0 saturated carbocycles. The van der Waals surface area contributed by atoms with Gasteiger partial charge in [0.25, 0.3) is 0 Å². The molecule has 2 aliphatic heterocycles. The number of allylic oxidation sites excluding steroid dienone is 1. The molecule has 4 rings (SSSR count). The number of rotatable bonds is 9. The van der Waals surface area contributed by atoms with Crippen LogP contribution in [-0.2, 0) is 14.3 Å². The summed E-state index contributed by atoms with van der Waals surface area (Å²) in [4.78, 5) is 27.9. The maximum Gasteiger partial charge on any atom is 0.247 e. The van der Waals surface area contributed by atoms with Gasteiger partial charge in [0.15, 0.2) is 0 Å². The fraction of sp³-hybridized carbons (Fsp3) is 0.520. The van der Waals surface area contributed by atoms with E-state index in [1.54, 1.807) is 17.1 Å². The van der Waals surface area contributed by atoms with Crippen LogP contribution in [0.5, 0.6) is 5.75 Å². The number of carbonyl (C=O) groups is 2. The molecule has 178 valence electrons. The van der Waals surface area contributed by atoms with Crippen LogP contribution < -0.4 is 10.1 Å². The van der Waals surface area contributed by atoms with Crippen LogP contribution in [0.4, 0.5) is 0 Å². The first-order valence-electron chi connectivity index (χ1n) is 11.6. The van der Waals surface area contributed by atoms with Crippen LogP contribution in [0, 0.1) is 0 Å². The van der Waals surface area contributed by atoms with E-state index in [1.807, 2.05) is 24.3 Å². The largest absolute Gasteiger partial charge is 0.486 e. The number of carbonyl (C=O) groups excluding carboxylic acids is 2. The van der Waals surface area contributed by atoms with E-state index < -0.39 is 24.2 Å². The SMILES string of the molecule is C=CCCC(=O)N(C[C@@H]1CCCO1)[C@@H]1C=C(C(=O)NCCO)[C@@H]2c3ccccc3O[C@@H]2[C@H]1O. The highest BCUT2D eigenvalue weighted by Gasteiger charge is 2.50. The lowest BCUT2D eigenvalue weighted by Gasteiger charge is -2.41. The smallest absolute Gasteiger partial charge is 0.247 e. The van der Waals surface area contributed by atoms with Crippen molar-refractivity contribution in [1.82, 2.24) is 10.2 Å². The highest BCUT2D eigenvalue weighted by atomic mass is 16.5. The predicted octanol–water partition coefficient (Wildman–Crippen LogP) is 1.28. The molecule has 8 heteroatoms. The maximum absolute atomic E-state index is 13.2. The van der Waals surface area contributed by atoms with E-state index in [9.17, 15) is 19.8 Å². The second-order valence-electron chi connectivity index (χ2n) is 8.69. The molecular formula is C25H32N2O6. The van der Waals surface area contributed by atoms with E-state index in [2.05, 4.69) is 11.9 Å². The lowest BCUT2D eigenvalue weighted by atomic mass is 9.77. The average molecular weight is 457 g/mol. The number of hydrogen-bond acceptors (Lipinski definition) is 6. The van der Waals surface area contributed by atoms with Gasteiger partial charge in [-0.1, -0.05) is 24.3 Å². The quantitative estimate of drug-likeness (QED) is 0.483. The molecule has 1 fully saturated rings. The van der Waals surface area contributed by atoms with Crippen LogP contribution in [0.25, 0.3) is 0 Å². The van der Waals surface area contributed by atoms with Crippen molar-refractivity contribution in [1.29, 1.82) is 0 Å². The summed E-state index contributed by atoms with van der Waals surface area (Å²) in [6.07, 6.45) is 4.11. The summed E-state index contributed by atoms with van der Waals surface area (Å²) >= 11 is 0. The number of nitrogens with zero attached hydrogens (tertiary/aromatic N) is 1. The van der Waals surface area contributed by atoms with Crippen LogP contribution >= 0.6 is 0 Å². The Kier molecular flexibility index (Phi) is 7.47. The molecule has 2 amide bonds. The zero-order chi connectivity index (χ0) is 23.4. The number of aliphatic hydroxyl groups is 2. The Balaban J connectivity index is 1.70. The standard InChI is InChI=1S/C25H32N2O6/c1-2-3-10-21(29)27(15-16-7-6-13-32-16)19-14-18(25(31)26-11-12-28)22-17-8-4-5-9-20(17)33-24(22)23(19)30/h2,4-5,8-9,14,16,19,22-24,28,30H,1,3,6-7,10-13,15H2,(H,26,31)/t16-,19+,22-,23-,24-/m0/s1. The molecule has 0 spiro atoms. The van der Waals surface area contributed by atoms with E-state index in [1.165, 1.54) is 0 Å². The van der Waals surface area contributed by atoms with Gasteiger partial charge >= 0.3 is 0 Å². The Hall–Kier alpha value is -2.68. The molecule has 0 unspecified atom stereocenters. The van der Waals surface area contributed by atoms with Gasteiger partial charge in [-0.15, -0.1) is 6.58 Å². The number of aliphatic hydroxyl groups excluding tert-OH is 2. The van der Waals surface area contributed by atoms with Crippen LogP contribution in [0.15, 0.2) is 48.6 Å². The monoisotopic (exact) mass is 456 g/mol. The lowest BCUT2D eigenvalue weighted by Crippen LogP contribution is -2.57. The Bertz CT molecular complexity index is 910. The molecular weight excluding hydrogens is 424 g/mol. The van der Waals surface area contributed by atoms with Gasteiger partial charge in [0.1, 0.15) is 18.0 Å². The van der Waals surface area contributed by atoms with Gasteiger partial charge in [0.05, 0.1) is 24.7 Å².